The van der Waals surface area contributed by atoms with Crippen LogP contribution in [0.4, 0.5) is 0 Å². The SMILES string of the molecule is CC1(CCCl)C2CC3(C(=O)NC4CCC(CN)CC4)CC1CC(c1ccccc1)(C2)C3. The number of alkyl halides is 1. The van der Waals surface area contributed by atoms with Gasteiger partial charge in [0.1, 0.15) is 0 Å². The molecule has 2 unspecified atom stereocenters. The molecule has 6 rings (SSSR count). The van der Waals surface area contributed by atoms with E-state index in [1.807, 2.05) is 0 Å². The van der Waals surface area contributed by atoms with Gasteiger partial charge in [0.15, 0.2) is 0 Å². The molecule has 0 aromatic heterocycles. The molecular weight excluding hydrogens is 404 g/mol. The Morgan fingerprint density at radius 1 is 1.06 bits per heavy atom. The van der Waals surface area contributed by atoms with E-state index in [1.165, 1.54) is 18.4 Å². The fourth-order valence-electron chi connectivity index (χ4n) is 8.29. The first-order valence-corrected chi connectivity index (χ1v) is 13.1. The van der Waals surface area contributed by atoms with Crippen molar-refractivity contribution < 1.29 is 4.79 Å². The van der Waals surface area contributed by atoms with E-state index in [2.05, 4.69) is 42.6 Å². The molecule has 1 aromatic rings. The lowest BCUT2D eigenvalue weighted by atomic mass is 9.36. The van der Waals surface area contributed by atoms with Crippen LogP contribution >= 0.6 is 11.6 Å². The maximum atomic E-state index is 13.9. The number of nitrogens with two attached hydrogens (primary N) is 1. The number of nitrogens with one attached hydrogen (secondary N) is 1. The molecule has 5 fully saturated rings. The minimum Gasteiger partial charge on any atom is -0.353 e. The molecule has 2 atom stereocenters. The van der Waals surface area contributed by atoms with Crippen LogP contribution in [0.25, 0.3) is 0 Å². The Kier molecular flexibility index (Phi) is 5.66. The third-order valence-corrected chi connectivity index (χ3v) is 10.3. The van der Waals surface area contributed by atoms with Crippen molar-refractivity contribution >= 4 is 17.5 Å². The predicted octanol–water partition coefficient (Wildman–Crippen LogP) is 5.40. The fourth-order valence-corrected chi connectivity index (χ4v) is 8.70. The normalized spacial score (nSPS) is 43.7. The van der Waals surface area contributed by atoms with E-state index in [0.717, 1.165) is 63.8 Å². The van der Waals surface area contributed by atoms with Crippen LogP contribution in [0.5, 0.6) is 0 Å². The van der Waals surface area contributed by atoms with Gasteiger partial charge in [0.25, 0.3) is 0 Å². The number of benzene rings is 1. The molecule has 3 N–H and O–H groups in total. The Morgan fingerprint density at radius 2 is 1.71 bits per heavy atom. The van der Waals surface area contributed by atoms with Crippen molar-refractivity contribution in [2.75, 3.05) is 12.4 Å². The topological polar surface area (TPSA) is 55.1 Å². The van der Waals surface area contributed by atoms with Gasteiger partial charge in [-0.25, -0.2) is 0 Å². The van der Waals surface area contributed by atoms with Crippen LogP contribution in [0.15, 0.2) is 30.3 Å². The van der Waals surface area contributed by atoms with Gasteiger partial charge in [0.05, 0.1) is 5.41 Å². The zero-order valence-electron chi connectivity index (χ0n) is 19.0. The second kappa shape index (κ2) is 8.06. The average Bonchev–Trinajstić information content (AvgIpc) is 2.78. The lowest BCUT2D eigenvalue weighted by molar-refractivity contribution is -0.176. The first-order valence-electron chi connectivity index (χ1n) is 12.6. The highest BCUT2D eigenvalue weighted by Crippen LogP contribution is 2.72. The van der Waals surface area contributed by atoms with Crippen molar-refractivity contribution in [2.45, 2.75) is 82.6 Å². The summed E-state index contributed by atoms with van der Waals surface area (Å²) in [5.41, 5.74) is 7.58. The summed E-state index contributed by atoms with van der Waals surface area (Å²) in [7, 11) is 0. The maximum Gasteiger partial charge on any atom is 0.226 e. The van der Waals surface area contributed by atoms with Crippen molar-refractivity contribution in [1.82, 2.24) is 5.32 Å². The van der Waals surface area contributed by atoms with E-state index in [1.54, 1.807) is 0 Å². The van der Waals surface area contributed by atoms with Gasteiger partial charge in [-0.15, -0.1) is 11.6 Å². The fraction of sp³-hybridized carbons (Fsp3) is 0.741. The minimum atomic E-state index is -0.196. The molecule has 5 saturated carbocycles. The summed E-state index contributed by atoms with van der Waals surface area (Å²) >= 11 is 6.30. The Morgan fingerprint density at radius 3 is 2.29 bits per heavy atom. The van der Waals surface area contributed by atoms with Crippen LogP contribution in [-0.2, 0) is 10.2 Å². The summed E-state index contributed by atoms with van der Waals surface area (Å²) in [5, 5.41) is 3.54. The highest BCUT2D eigenvalue weighted by molar-refractivity contribution is 6.17. The van der Waals surface area contributed by atoms with Crippen LogP contribution in [-0.4, -0.2) is 24.4 Å². The van der Waals surface area contributed by atoms with Crippen LogP contribution in [0.1, 0.15) is 76.7 Å². The summed E-state index contributed by atoms with van der Waals surface area (Å²) in [6.07, 6.45) is 11.1. The number of hydrogen-bond donors (Lipinski definition) is 2. The minimum absolute atomic E-state index is 0.160. The first kappa shape index (κ1) is 21.8. The monoisotopic (exact) mass is 442 g/mol. The Labute approximate surface area is 192 Å². The lowest BCUT2D eigenvalue weighted by Crippen LogP contribution is -2.65. The zero-order valence-corrected chi connectivity index (χ0v) is 19.8. The smallest absolute Gasteiger partial charge is 0.226 e. The molecule has 1 aromatic carbocycles. The first-order chi connectivity index (χ1) is 14.9. The summed E-state index contributed by atoms with van der Waals surface area (Å²) in [4.78, 5) is 13.9. The van der Waals surface area contributed by atoms with Crippen LogP contribution in [0.2, 0.25) is 0 Å². The molecule has 1 amide bonds. The number of amides is 1. The molecule has 4 heteroatoms. The van der Waals surface area contributed by atoms with Gasteiger partial charge in [-0.3, -0.25) is 4.79 Å². The van der Waals surface area contributed by atoms with Crippen LogP contribution < -0.4 is 11.1 Å². The molecule has 0 spiro atoms. The van der Waals surface area contributed by atoms with Gasteiger partial charge < -0.3 is 11.1 Å². The maximum absolute atomic E-state index is 13.9. The second-order valence-corrected chi connectivity index (χ2v) is 12.1. The highest BCUT2D eigenvalue weighted by Gasteiger charge is 2.67. The molecule has 0 saturated heterocycles. The number of carbonyl (C=O) groups is 1. The molecule has 0 aliphatic heterocycles. The molecule has 31 heavy (non-hydrogen) atoms. The average molecular weight is 443 g/mol. The quantitative estimate of drug-likeness (QED) is 0.579. The van der Waals surface area contributed by atoms with Crippen molar-refractivity contribution in [1.29, 1.82) is 0 Å². The van der Waals surface area contributed by atoms with Crippen molar-refractivity contribution in [3.8, 4) is 0 Å². The van der Waals surface area contributed by atoms with E-state index in [-0.39, 0.29) is 16.2 Å². The Hall–Kier alpha value is -1.06. The van der Waals surface area contributed by atoms with Crippen LogP contribution in [0, 0.1) is 28.6 Å². The number of carbonyl (C=O) groups excluding carboxylic acids is 1. The predicted molar refractivity (Wildman–Crippen MR) is 127 cm³/mol. The number of rotatable bonds is 6. The zero-order chi connectivity index (χ0) is 21.7. The molecule has 5 aliphatic rings. The standard InChI is InChI=1S/C27H39ClN2O/c1-25(11-12-28)21-13-26(20-5-3-2-4-6-20)14-22(25)16-27(15-21,18-26)24(31)30-23-9-7-19(17-29)8-10-23/h2-6,19,21-23H,7-18,29H2,1H3,(H,30,31). The van der Waals surface area contributed by atoms with Crippen molar-refractivity contribution in [2.24, 2.45) is 34.3 Å². The molecule has 4 bridgehead atoms. The van der Waals surface area contributed by atoms with Gasteiger partial charge in [-0.2, -0.15) is 0 Å². The molecule has 0 heterocycles. The third kappa shape index (κ3) is 3.55. The van der Waals surface area contributed by atoms with E-state index >= 15 is 0 Å². The second-order valence-electron chi connectivity index (χ2n) is 11.7. The summed E-state index contributed by atoms with van der Waals surface area (Å²) in [6.45, 7) is 3.26. The van der Waals surface area contributed by atoms with Gasteiger partial charge in [-0.1, -0.05) is 37.3 Å². The van der Waals surface area contributed by atoms with E-state index < -0.39 is 0 Å². The van der Waals surface area contributed by atoms with Gasteiger partial charge in [0, 0.05) is 11.9 Å². The molecule has 3 nitrogen and oxygen atoms in total. The molecule has 0 radical (unpaired) electrons. The van der Waals surface area contributed by atoms with Gasteiger partial charge in [-0.05, 0) is 105 Å². The molecular formula is C27H39ClN2O. The molecule has 5 aliphatic carbocycles. The van der Waals surface area contributed by atoms with Crippen molar-refractivity contribution in [3.05, 3.63) is 35.9 Å². The van der Waals surface area contributed by atoms with E-state index in [0.29, 0.717) is 29.7 Å². The summed E-state index contributed by atoms with van der Waals surface area (Å²) in [6, 6.07) is 11.4. The van der Waals surface area contributed by atoms with E-state index in [4.69, 9.17) is 17.3 Å². The largest absolute Gasteiger partial charge is 0.353 e. The third-order valence-electron chi connectivity index (χ3n) is 10.1. The highest BCUT2D eigenvalue weighted by atomic mass is 35.5. The molecule has 170 valence electrons. The van der Waals surface area contributed by atoms with Gasteiger partial charge in [0.2, 0.25) is 5.91 Å². The summed E-state index contributed by atoms with van der Waals surface area (Å²) < 4.78 is 0. The van der Waals surface area contributed by atoms with Crippen LogP contribution in [0.3, 0.4) is 0 Å². The number of halogens is 1. The van der Waals surface area contributed by atoms with Gasteiger partial charge >= 0.3 is 0 Å². The lowest BCUT2D eigenvalue weighted by Gasteiger charge is -2.68. The van der Waals surface area contributed by atoms with Crippen molar-refractivity contribution in [3.63, 3.8) is 0 Å². The Balaban J connectivity index is 1.42. The summed E-state index contributed by atoms with van der Waals surface area (Å²) in [5.74, 6) is 2.90. The Bertz CT molecular complexity index is 785. The number of hydrogen-bond acceptors (Lipinski definition) is 2. The van der Waals surface area contributed by atoms with E-state index in [9.17, 15) is 4.79 Å².